The fourth-order valence-electron chi connectivity index (χ4n) is 1.59. The Kier molecular flexibility index (Phi) is 4.29. The van der Waals surface area contributed by atoms with E-state index in [1.54, 1.807) is 25.5 Å². The molecule has 0 aromatic carbocycles. The molecule has 0 radical (unpaired) electrons. The monoisotopic (exact) mass is 260 g/mol. The first-order chi connectivity index (χ1) is 7.72. The third-order valence-electron chi connectivity index (χ3n) is 2.44. The van der Waals surface area contributed by atoms with Crippen LogP contribution in [0.25, 0.3) is 0 Å². The average Bonchev–Trinajstić information content (AvgIpc) is 2.44. The summed E-state index contributed by atoms with van der Waals surface area (Å²) >= 11 is 0. The number of sulfonamides is 1. The molecule has 7 heteroatoms. The molecule has 2 unspecified atom stereocenters. The molecule has 1 heterocycles. The van der Waals surface area contributed by atoms with E-state index in [0.29, 0.717) is 12.2 Å². The second kappa shape index (κ2) is 5.16. The van der Waals surface area contributed by atoms with Crippen molar-refractivity contribution >= 4 is 10.0 Å². The molecule has 17 heavy (non-hydrogen) atoms. The highest BCUT2D eigenvalue weighted by molar-refractivity contribution is 7.89. The van der Waals surface area contributed by atoms with Crippen LogP contribution in [0.3, 0.4) is 0 Å². The van der Waals surface area contributed by atoms with Crippen molar-refractivity contribution in [3.8, 4) is 0 Å². The van der Waals surface area contributed by atoms with E-state index < -0.39 is 10.0 Å². The molecular weight excluding hydrogens is 240 g/mol. The van der Waals surface area contributed by atoms with Crippen molar-refractivity contribution in [2.24, 2.45) is 12.8 Å². The van der Waals surface area contributed by atoms with Gasteiger partial charge in [0.2, 0.25) is 0 Å². The van der Waals surface area contributed by atoms with Gasteiger partial charge < -0.3 is 10.3 Å². The normalized spacial score (nSPS) is 15.8. The maximum absolute atomic E-state index is 12.0. The molecular formula is C10H20N4O2S. The molecule has 0 spiro atoms. The number of imidazole rings is 1. The number of aromatic nitrogens is 2. The Labute approximate surface area is 102 Å². The first kappa shape index (κ1) is 14.1. The van der Waals surface area contributed by atoms with E-state index in [-0.39, 0.29) is 17.1 Å². The molecule has 0 saturated heterocycles. The third-order valence-corrected chi connectivity index (χ3v) is 3.90. The smallest absolute Gasteiger partial charge is 0.259 e. The Morgan fingerprint density at radius 3 is 2.53 bits per heavy atom. The summed E-state index contributed by atoms with van der Waals surface area (Å²) < 4.78 is 28.2. The third kappa shape index (κ3) is 3.79. The van der Waals surface area contributed by atoms with Crippen molar-refractivity contribution in [3.05, 3.63) is 12.0 Å². The van der Waals surface area contributed by atoms with Crippen LogP contribution in [0.5, 0.6) is 0 Å². The summed E-state index contributed by atoms with van der Waals surface area (Å²) in [5.41, 5.74) is 5.62. The van der Waals surface area contributed by atoms with E-state index in [1.165, 1.54) is 6.20 Å². The van der Waals surface area contributed by atoms with Crippen molar-refractivity contribution in [1.29, 1.82) is 0 Å². The van der Waals surface area contributed by atoms with Crippen LogP contribution >= 0.6 is 0 Å². The Morgan fingerprint density at radius 1 is 1.53 bits per heavy atom. The summed E-state index contributed by atoms with van der Waals surface area (Å²) in [5, 5.41) is 0.0500. The summed E-state index contributed by atoms with van der Waals surface area (Å²) in [6.45, 7) is 5.39. The fourth-order valence-corrected chi connectivity index (χ4v) is 2.88. The molecule has 3 N–H and O–H groups in total. The predicted octanol–water partition coefficient (Wildman–Crippen LogP) is 0.133. The predicted molar refractivity (Wildman–Crippen MR) is 66.0 cm³/mol. The first-order valence-corrected chi connectivity index (χ1v) is 6.98. The Morgan fingerprint density at radius 2 is 2.12 bits per heavy atom. The van der Waals surface area contributed by atoms with Crippen molar-refractivity contribution in [1.82, 2.24) is 14.3 Å². The Hall–Kier alpha value is -0.920. The lowest BCUT2D eigenvalue weighted by atomic mass is 10.1. The zero-order valence-corrected chi connectivity index (χ0v) is 11.5. The number of nitrogens with one attached hydrogen (secondary N) is 1. The molecule has 0 aliphatic carbocycles. The summed E-state index contributed by atoms with van der Waals surface area (Å²) in [6.07, 6.45) is 2.08. The van der Waals surface area contributed by atoms with Crippen LogP contribution in [0.1, 0.15) is 26.1 Å². The van der Waals surface area contributed by atoms with Gasteiger partial charge >= 0.3 is 0 Å². The highest BCUT2D eigenvalue weighted by atomic mass is 32.2. The van der Waals surface area contributed by atoms with E-state index in [2.05, 4.69) is 9.71 Å². The minimum atomic E-state index is -3.54. The number of hydrogen-bond donors (Lipinski definition) is 2. The van der Waals surface area contributed by atoms with Crippen LogP contribution in [0, 0.1) is 6.92 Å². The van der Waals surface area contributed by atoms with E-state index in [9.17, 15) is 8.42 Å². The van der Waals surface area contributed by atoms with Gasteiger partial charge in [0.15, 0.2) is 5.03 Å². The number of hydrogen-bond acceptors (Lipinski definition) is 4. The zero-order valence-electron chi connectivity index (χ0n) is 10.6. The van der Waals surface area contributed by atoms with Gasteiger partial charge in [-0.1, -0.05) is 0 Å². The molecule has 2 atom stereocenters. The summed E-state index contributed by atoms with van der Waals surface area (Å²) in [6, 6.07) is -0.250. The molecule has 0 aliphatic rings. The molecule has 0 fully saturated rings. The van der Waals surface area contributed by atoms with Gasteiger partial charge in [-0.25, -0.2) is 18.1 Å². The maximum Gasteiger partial charge on any atom is 0.259 e. The number of rotatable bonds is 5. The van der Waals surface area contributed by atoms with Crippen LogP contribution in [-0.2, 0) is 17.1 Å². The van der Waals surface area contributed by atoms with Crippen LogP contribution in [0.4, 0.5) is 0 Å². The SMILES string of the molecule is Cc1nc(S(=O)(=O)NC(C)CC(C)N)cn1C. The molecule has 98 valence electrons. The first-order valence-electron chi connectivity index (χ1n) is 5.50. The van der Waals surface area contributed by atoms with Gasteiger partial charge in [-0.2, -0.15) is 0 Å². The molecule has 1 aromatic rings. The van der Waals surface area contributed by atoms with Crippen LogP contribution in [0.2, 0.25) is 0 Å². The second-order valence-electron chi connectivity index (χ2n) is 4.47. The highest BCUT2D eigenvalue weighted by Gasteiger charge is 2.21. The largest absolute Gasteiger partial charge is 0.337 e. The minimum Gasteiger partial charge on any atom is -0.337 e. The van der Waals surface area contributed by atoms with Gasteiger partial charge in [-0.05, 0) is 27.2 Å². The molecule has 1 aromatic heterocycles. The molecule has 0 bridgehead atoms. The summed E-state index contributed by atoms with van der Waals surface area (Å²) in [4.78, 5) is 4.00. The quantitative estimate of drug-likeness (QED) is 0.787. The lowest BCUT2D eigenvalue weighted by molar-refractivity contribution is 0.517. The molecule has 0 saturated carbocycles. The summed E-state index contributed by atoms with van der Waals surface area (Å²) in [5.74, 6) is 0.658. The molecule has 6 nitrogen and oxygen atoms in total. The fraction of sp³-hybridized carbons (Fsp3) is 0.700. The number of nitrogens with zero attached hydrogens (tertiary/aromatic N) is 2. The van der Waals surface area contributed by atoms with Crippen molar-refractivity contribution in [2.45, 2.75) is 44.3 Å². The molecule has 1 rings (SSSR count). The Balaban J connectivity index is 2.82. The van der Waals surface area contributed by atoms with E-state index >= 15 is 0 Å². The van der Waals surface area contributed by atoms with Crippen LogP contribution in [0.15, 0.2) is 11.2 Å². The van der Waals surface area contributed by atoms with Crippen LogP contribution < -0.4 is 10.5 Å². The van der Waals surface area contributed by atoms with E-state index in [1.807, 2.05) is 6.92 Å². The van der Waals surface area contributed by atoms with Crippen molar-refractivity contribution in [3.63, 3.8) is 0 Å². The minimum absolute atomic E-state index is 0.0434. The number of nitrogens with two attached hydrogens (primary N) is 1. The lowest BCUT2D eigenvalue weighted by Crippen LogP contribution is -2.36. The van der Waals surface area contributed by atoms with Crippen molar-refractivity contribution < 1.29 is 8.42 Å². The average molecular weight is 260 g/mol. The van der Waals surface area contributed by atoms with Gasteiger partial charge in [0.25, 0.3) is 10.0 Å². The van der Waals surface area contributed by atoms with Gasteiger partial charge in [0.1, 0.15) is 5.82 Å². The van der Waals surface area contributed by atoms with Gasteiger partial charge in [0.05, 0.1) is 0 Å². The van der Waals surface area contributed by atoms with Crippen molar-refractivity contribution in [2.75, 3.05) is 0 Å². The lowest BCUT2D eigenvalue weighted by Gasteiger charge is -2.14. The maximum atomic E-state index is 12.0. The Bertz CT molecular complexity index is 459. The topological polar surface area (TPSA) is 90.0 Å². The van der Waals surface area contributed by atoms with Gasteiger partial charge in [-0.3, -0.25) is 0 Å². The zero-order chi connectivity index (χ0) is 13.2. The van der Waals surface area contributed by atoms with Crippen LogP contribution in [-0.4, -0.2) is 30.1 Å². The summed E-state index contributed by atoms with van der Waals surface area (Å²) in [7, 11) is -1.79. The van der Waals surface area contributed by atoms with E-state index in [4.69, 9.17) is 5.73 Å². The second-order valence-corrected chi connectivity index (χ2v) is 6.13. The van der Waals surface area contributed by atoms with Gasteiger partial charge in [0, 0.05) is 25.3 Å². The number of aryl methyl sites for hydroxylation is 2. The van der Waals surface area contributed by atoms with Gasteiger partial charge in [-0.15, -0.1) is 0 Å². The standard InChI is InChI=1S/C10H20N4O2S/c1-7(11)5-8(2)13-17(15,16)10-6-14(4)9(3)12-10/h6-8,13H,5,11H2,1-4H3. The molecule has 0 aliphatic heterocycles. The van der Waals surface area contributed by atoms with E-state index in [0.717, 1.165) is 0 Å². The highest BCUT2D eigenvalue weighted by Crippen LogP contribution is 2.09. The molecule has 0 amide bonds.